The molecule has 0 saturated heterocycles. The number of rotatable bonds is 5. The van der Waals surface area contributed by atoms with Crippen LogP contribution in [-0.4, -0.2) is 25.4 Å². The van der Waals surface area contributed by atoms with E-state index in [1.54, 1.807) is 7.05 Å². The summed E-state index contributed by atoms with van der Waals surface area (Å²) < 4.78 is 0. The highest BCUT2D eigenvalue weighted by Gasteiger charge is 2.16. The molecule has 0 aromatic heterocycles. The molecule has 0 aliphatic heterocycles. The van der Waals surface area contributed by atoms with Gasteiger partial charge in [0.05, 0.1) is 0 Å². The molecule has 2 amide bonds. The van der Waals surface area contributed by atoms with E-state index in [1.165, 1.54) is 0 Å². The normalized spacial score (nSPS) is 12.3. The van der Waals surface area contributed by atoms with Crippen LogP contribution in [0.4, 0.5) is 0 Å². The fourth-order valence-corrected chi connectivity index (χ4v) is 0.979. The first kappa shape index (κ1) is 10.9. The van der Waals surface area contributed by atoms with E-state index in [-0.39, 0.29) is 5.91 Å². The van der Waals surface area contributed by atoms with Gasteiger partial charge >= 0.3 is 0 Å². The molecule has 0 aliphatic rings. The summed E-state index contributed by atoms with van der Waals surface area (Å²) in [5, 5.41) is 4.97. The summed E-state index contributed by atoms with van der Waals surface area (Å²) in [5.41, 5.74) is 0. The molecule has 70 valence electrons. The molecule has 12 heavy (non-hydrogen) atoms. The maximum atomic E-state index is 11.1. The molecule has 0 unspecified atom stereocenters. The molecule has 0 heterocycles. The maximum Gasteiger partial charge on any atom is 0.242 e. The highest BCUT2D eigenvalue weighted by molar-refractivity contribution is 5.83. The zero-order valence-electron chi connectivity index (χ0n) is 7.76. The molecule has 0 bridgehead atoms. The van der Waals surface area contributed by atoms with E-state index in [2.05, 4.69) is 10.6 Å². The van der Waals surface area contributed by atoms with Crippen molar-refractivity contribution in [1.82, 2.24) is 10.6 Å². The molecule has 0 radical (unpaired) electrons. The second kappa shape index (κ2) is 5.57. The molecule has 0 aromatic rings. The Bertz CT molecular complexity index is 157. The van der Waals surface area contributed by atoms with E-state index in [0.717, 1.165) is 0 Å². The van der Waals surface area contributed by atoms with Crippen molar-refractivity contribution in [3.63, 3.8) is 0 Å². The Hall–Kier alpha value is -1.06. The van der Waals surface area contributed by atoms with Gasteiger partial charge in [0.15, 0.2) is 0 Å². The number of carbonyl (C=O) groups is 2. The van der Waals surface area contributed by atoms with Crippen molar-refractivity contribution in [2.24, 2.45) is 5.92 Å². The fraction of sp³-hybridized carbons (Fsp3) is 0.750. The van der Waals surface area contributed by atoms with Gasteiger partial charge < -0.3 is 10.6 Å². The van der Waals surface area contributed by atoms with E-state index >= 15 is 0 Å². The summed E-state index contributed by atoms with van der Waals surface area (Å²) in [5.74, 6) is 0.246. The Morgan fingerprint density at radius 1 is 1.50 bits per heavy atom. The number of carbonyl (C=O) groups excluding carboxylic acids is 2. The number of hydrogen-bond donors (Lipinski definition) is 2. The lowest BCUT2D eigenvalue weighted by Gasteiger charge is -2.15. The van der Waals surface area contributed by atoms with Crippen LogP contribution < -0.4 is 10.6 Å². The Morgan fingerprint density at radius 2 is 2.08 bits per heavy atom. The standard InChI is InChI=1S/C8H16N2O2/c1-6(2)4-7(10-5-11)8(12)9-3/h5-7H,4H2,1-3H3,(H,9,12)(H,10,11)/t7-/m1/s1. The van der Waals surface area contributed by atoms with Crippen molar-refractivity contribution in [2.75, 3.05) is 7.05 Å². The third-order valence-electron chi connectivity index (χ3n) is 1.54. The molecular weight excluding hydrogens is 156 g/mol. The minimum absolute atomic E-state index is 0.143. The van der Waals surface area contributed by atoms with E-state index in [0.29, 0.717) is 18.7 Å². The average molecular weight is 172 g/mol. The third-order valence-corrected chi connectivity index (χ3v) is 1.54. The molecule has 1 atom stereocenters. The molecule has 0 aromatic carbocycles. The van der Waals surface area contributed by atoms with Crippen LogP contribution in [0.3, 0.4) is 0 Å². The smallest absolute Gasteiger partial charge is 0.242 e. The molecule has 4 nitrogen and oxygen atoms in total. The van der Waals surface area contributed by atoms with Gasteiger partial charge in [-0.3, -0.25) is 9.59 Å². The summed E-state index contributed by atoms with van der Waals surface area (Å²) in [6.07, 6.45) is 1.22. The van der Waals surface area contributed by atoms with Gasteiger partial charge in [-0.15, -0.1) is 0 Å². The van der Waals surface area contributed by atoms with Crippen molar-refractivity contribution >= 4 is 12.3 Å². The highest BCUT2D eigenvalue weighted by atomic mass is 16.2. The van der Waals surface area contributed by atoms with E-state index in [9.17, 15) is 9.59 Å². The molecule has 2 N–H and O–H groups in total. The van der Waals surface area contributed by atoms with Crippen LogP contribution in [0.25, 0.3) is 0 Å². The number of amides is 2. The van der Waals surface area contributed by atoms with Crippen molar-refractivity contribution in [3.05, 3.63) is 0 Å². The first-order valence-electron chi connectivity index (χ1n) is 4.03. The van der Waals surface area contributed by atoms with Gasteiger partial charge in [-0.25, -0.2) is 0 Å². The molecule has 0 spiro atoms. The lowest BCUT2D eigenvalue weighted by Crippen LogP contribution is -2.43. The Labute approximate surface area is 72.7 Å². The SMILES string of the molecule is CNC(=O)[C@@H](CC(C)C)NC=O. The third kappa shape index (κ3) is 3.95. The van der Waals surface area contributed by atoms with E-state index in [4.69, 9.17) is 0 Å². The van der Waals surface area contributed by atoms with Gasteiger partial charge in [-0.05, 0) is 12.3 Å². The second-order valence-corrected chi connectivity index (χ2v) is 3.08. The topological polar surface area (TPSA) is 58.2 Å². The van der Waals surface area contributed by atoms with Crippen LogP contribution in [0.5, 0.6) is 0 Å². The predicted octanol–water partition coefficient (Wildman–Crippen LogP) is -0.107. The minimum atomic E-state index is -0.396. The van der Waals surface area contributed by atoms with Crippen LogP contribution in [0.2, 0.25) is 0 Å². The lowest BCUT2D eigenvalue weighted by molar-refractivity contribution is -0.125. The Balaban J connectivity index is 4.02. The zero-order chi connectivity index (χ0) is 9.56. The first-order valence-corrected chi connectivity index (χ1v) is 4.03. The number of hydrogen-bond acceptors (Lipinski definition) is 2. The van der Waals surface area contributed by atoms with Crippen molar-refractivity contribution < 1.29 is 9.59 Å². The summed E-state index contributed by atoms with van der Waals surface area (Å²) >= 11 is 0. The average Bonchev–Trinajstić information content (AvgIpc) is 2.01. The van der Waals surface area contributed by atoms with Crippen LogP contribution >= 0.6 is 0 Å². The van der Waals surface area contributed by atoms with Gasteiger partial charge in [0.2, 0.25) is 12.3 Å². The summed E-state index contributed by atoms with van der Waals surface area (Å²) in [4.78, 5) is 21.2. The largest absolute Gasteiger partial charge is 0.357 e. The van der Waals surface area contributed by atoms with E-state index in [1.807, 2.05) is 13.8 Å². The molecular formula is C8H16N2O2. The lowest BCUT2D eigenvalue weighted by atomic mass is 10.0. The van der Waals surface area contributed by atoms with Gasteiger partial charge in [0.25, 0.3) is 0 Å². The molecule has 0 aliphatic carbocycles. The second-order valence-electron chi connectivity index (χ2n) is 3.08. The molecule has 0 fully saturated rings. The summed E-state index contributed by atoms with van der Waals surface area (Å²) in [6, 6.07) is -0.396. The quantitative estimate of drug-likeness (QED) is 0.569. The van der Waals surface area contributed by atoms with Crippen LogP contribution in [-0.2, 0) is 9.59 Å². The fourth-order valence-electron chi connectivity index (χ4n) is 0.979. The Morgan fingerprint density at radius 3 is 2.42 bits per heavy atom. The van der Waals surface area contributed by atoms with Crippen molar-refractivity contribution in [3.8, 4) is 0 Å². The van der Waals surface area contributed by atoms with Crippen molar-refractivity contribution in [2.45, 2.75) is 26.3 Å². The van der Waals surface area contributed by atoms with Gasteiger partial charge in [-0.2, -0.15) is 0 Å². The van der Waals surface area contributed by atoms with E-state index < -0.39 is 6.04 Å². The minimum Gasteiger partial charge on any atom is -0.357 e. The molecule has 0 saturated carbocycles. The van der Waals surface area contributed by atoms with Gasteiger partial charge in [-0.1, -0.05) is 13.8 Å². The number of nitrogens with one attached hydrogen (secondary N) is 2. The zero-order valence-corrected chi connectivity index (χ0v) is 7.76. The predicted molar refractivity (Wildman–Crippen MR) is 46.5 cm³/mol. The Kier molecular flexibility index (Phi) is 5.08. The molecule has 4 heteroatoms. The maximum absolute atomic E-state index is 11.1. The van der Waals surface area contributed by atoms with Crippen molar-refractivity contribution in [1.29, 1.82) is 0 Å². The highest BCUT2D eigenvalue weighted by Crippen LogP contribution is 2.03. The summed E-state index contributed by atoms with van der Waals surface area (Å²) in [7, 11) is 1.56. The monoisotopic (exact) mass is 172 g/mol. The van der Waals surface area contributed by atoms with Crippen LogP contribution in [0.15, 0.2) is 0 Å². The number of likely N-dealkylation sites (N-methyl/N-ethyl adjacent to an activating group) is 1. The van der Waals surface area contributed by atoms with Crippen LogP contribution in [0, 0.1) is 5.92 Å². The summed E-state index contributed by atoms with van der Waals surface area (Å²) in [6.45, 7) is 4.00. The van der Waals surface area contributed by atoms with Gasteiger partial charge in [0, 0.05) is 7.05 Å². The van der Waals surface area contributed by atoms with Crippen LogP contribution in [0.1, 0.15) is 20.3 Å². The molecule has 0 rings (SSSR count). The first-order chi connectivity index (χ1) is 5.61. The van der Waals surface area contributed by atoms with Gasteiger partial charge in [0.1, 0.15) is 6.04 Å².